The molecule has 7 heteroatoms. The summed E-state index contributed by atoms with van der Waals surface area (Å²) in [6.07, 6.45) is 4.20. The lowest BCUT2D eigenvalue weighted by Crippen LogP contribution is -2.43. The molecule has 2 aliphatic heterocycles. The second kappa shape index (κ2) is 5.22. The fraction of sp³-hybridized carbons (Fsp3) is 0.714. The zero-order valence-electron chi connectivity index (χ0n) is 12.5. The van der Waals surface area contributed by atoms with Crippen LogP contribution in [0.3, 0.4) is 0 Å². The second-order valence-electron chi connectivity index (χ2n) is 5.92. The lowest BCUT2D eigenvalue weighted by atomic mass is 9.95. The average molecular weight is 294 g/mol. The molecule has 116 valence electrons. The summed E-state index contributed by atoms with van der Waals surface area (Å²) in [6.45, 7) is 2.47. The van der Waals surface area contributed by atoms with E-state index < -0.39 is 0 Å². The summed E-state index contributed by atoms with van der Waals surface area (Å²) < 4.78 is 8.36. The van der Waals surface area contributed by atoms with Crippen LogP contribution in [0.5, 0.6) is 0 Å². The Balaban J connectivity index is 1.98. The lowest BCUT2D eigenvalue weighted by molar-refractivity contribution is 0.102. The van der Waals surface area contributed by atoms with Gasteiger partial charge in [-0.05, 0) is 25.7 Å². The molecule has 2 fully saturated rings. The van der Waals surface area contributed by atoms with Crippen molar-refractivity contribution < 1.29 is 4.74 Å². The Morgan fingerprint density at radius 3 is 2.71 bits per heavy atom. The van der Waals surface area contributed by atoms with Gasteiger partial charge >= 0.3 is 5.69 Å². The number of nitrogens with two attached hydrogens (primary N) is 1. The van der Waals surface area contributed by atoms with Crippen LogP contribution < -0.4 is 22.3 Å². The highest BCUT2D eigenvalue weighted by Crippen LogP contribution is 2.36. The van der Waals surface area contributed by atoms with Crippen molar-refractivity contribution in [3.05, 3.63) is 20.8 Å². The molecule has 21 heavy (non-hydrogen) atoms. The molecule has 2 saturated heterocycles. The summed E-state index contributed by atoms with van der Waals surface area (Å²) in [4.78, 5) is 24.4. The molecule has 3 unspecified atom stereocenters. The van der Waals surface area contributed by atoms with Crippen LogP contribution in [0, 0.1) is 0 Å². The topological polar surface area (TPSA) is 91.3 Å². The van der Waals surface area contributed by atoms with E-state index in [4.69, 9.17) is 10.5 Å². The number of aromatic nitrogens is 2. The van der Waals surface area contributed by atoms with Crippen molar-refractivity contribution >= 4 is 11.5 Å². The van der Waals surface area contributed by atoms with Gasteiger partial charge in [0.2, 0.25) is 0 Å². The van der Waals surface area contributed by atoms with Crippen LogP contribution in [0.1, 0.15) is 32.6 Å². The number of anilines is 2. The third-order valence-corrected chi connectivity index (χ3v) is 4.47. The second-order valence-corrected chi connectivity index (χ2v) is 5.92. The zero-order chi connectivity index (χ0) is 15.1. The minimum atomic E-state index is -0.368. The van der Waals surface area contributed by atoms with Crippen LogP contribution in [0.2, 0.25) is 0 Å². The molecule has 7 nitrogen and oxygen atoms in total. The molecule has 3 heterocycles. The van der Waals surface area contributed by atoms with Crippen molar-refractivity contribution in [1.29, 1.82) is 0 Å². The van der Waals surface area contributed by atoms with E-state index in [1.807, 2.05) is 6.92 Å². The monoisotopic (exact) mass is 294 g/mol. The van der Waals surface area contributed by atoms with E-state index in [0.29, 0.717) is 18.3 Å². The summed E-state index contributed by atoms with van der Waals surface area (Å²) in [5.41, 5.74) is 5.65. The van der Waals surface area contributed by atoms with Crippen molar-refractivity contribution in [2.24, 2.45) is 7.05 Å². The van der Waals surface area contributed by atoms with Crippen molar-refractivity contribution in [1.82, 2.24) is 9.13 Å². The molecule has 3 N–H and O–H groups in total. The Hall–Kier alpha value is -1.76. The van der Waals surface area contributed by atoms with Crippen molar-refractivity contribution in [3.8, 4) is 0 Å². The van der Waals surface area contributed by atoms with Gasteiger partial charge in [0.1, 0.15) is 11.5 Å². The number of rotatable bonds is 4. The molecule has 2 aliphatic rings. The largest absolute Gasteiger partial charge is 0.383 e. The van der Waals surface area contributed by atoms with Gasteiger partial charge in [-0.15, -0.1) is 0 Å². The maximum atomic E-state index is 12.3. The smallest absolute Gasteiger partial charge is 0.332 e. The molecule has 0 aromatic carbocycles. The summed E-state index contributed by atoms with van der Waals surface area (Å²) in [5, 5.41) is 3.23. The minimum Gasteiger partial charge on any atom is -0.383 e. The summed E-state index contributed by atoms with van der Waals surface area (Å²) in [5.74, 6) is 0.229. The van der Waals surface area contributed by atoms with Gasteiger partial charge in [0.15, 0.2) is 0 Å². The molecular formula is C14H22N4O3. The Kier molecular flexibility index (Phi) is 3.52. The summed E-state index contributed by atoms with van der Waals surface area (Å²) in [6, 6.07) is 0.103. The maximum absolute atomic E-state index is 12.3. The number of nitrogens with zero attached hydrogens (tertiary/aromatic N) is 2. The number of ether oxygens (including phenoxy) is 1. The van der Waals surface area contributed by atoms with Gasteiger partial charge < -0.3 is 15.8 Å². The van der Waals surface area contributed by atoms with E-state index >= 15 is 0 Å². The van der Waals surface area contributed by atoms with Crippen molar-refractivity contribution in [2.45, 2.75) is 57.4 Å². The zero-order valence-corrected chi connectivity index (χ0v) is 12.5. The fourth-order valence-electron chi connectivity index (χ4n) is 3.33. The summed E-state index contributed by atoms with van der Waals surface area (Å²) >= 11 is 0. The van der Waals surface area contributed by atoms with E-state index in [1.54, 1.807) is 0 Å². The third kappa shape index (κ3) is 2.25. The Morgan fingerprint density at radius 2 is 2.14 bits per heavy atom. The standard InChI is InChI=1S/C14H22N4O3/c1-3-6-18-12(15)11(13(19)17(2)14(18)20)16-9-7-8-4-5-10(9)21-8/h8-10,16H,3-7,15H2,1-2H3. The first kappa shape index (κ1) is 14.2. The van der Waals surface area contributed by atoms with E-state index in [-0.39, 0.29) is 29.2 Å². The first-order valence-electron chi connectivity index (χ1n) is 7.54. The van der Waals surface area contributed by atoms with E-state index in [1.165, 1.54) is 11.6 Å². The Bertz CT molecular complexity index is 663. The van der Waals surface area contributed by atoms with Crippen LogP contribution in [0.4, 0.5) is 11.5 Å². The molecule has 0 radical (unpaired) electrons. The quantitative estimate of drug-likeness (QED) is 0.832. The summed E-state index contributed by atoms with van der Waals surface area (Å²) in [7, 11) is 1.48. The van der Waals surface area contributed by atoms with Gasteiger partial charge in [0.25, 0.3) is 5.56 Å². The highest BCUT2D eigenvalue weighted by Gasteiger charge is 2.41. The predicted molar refractivity (Wildman–Crippen MR) is 80.6 cm³/mol. The predicted octanol–water partition coefficient (Wildman–Crippen LogP) is 0.271. The van der Waals surface area contributed by atoms with Crippen molar-refractivity contribution in [3.63, 3.8) is 0 Å². The van der Waals surface area contributed by atoms with Gasteiger partial charge in [0, 0.05) is 13.6 Å². The van der Waals surface area contributed by atoms with Crippen LogP contribution in [0.15, 0.2) is 9.59 Å². The van der Waals surface area contributed by atoms with Gasteiger partial charge in [-0.25, -0.2) is 4.79 Å². The number of fused-ring (bicyclic) bond motifs is 2. The first-order chi connectivity index (χ1) is 10.0. The molecular weight excluding hydrogens is 272 g/mol. The number of hydrogen-bond acceptors (Lipinski definition) is 5. The first-order valence-corrected chi connectivity index (χ1v) is 7.54. The molecule has 3 atom stereocenters. The Labute approximate surface area is 122 Å². The number of hydrogen-bond donors (Lipinski definition) is 2. The fourth-order valence-corrected chi connectivity index (χ4v) is 3.33. The van der Waals surface area contributed by atoms with Crippen LogP contribution in [0.25, 0.3) is 0 Å². The highest BCUT2D eigenvalue weighted by atomic mass is 16.5. The van der Waals surface area contributed by atoms with E-state index in [0.717, 1.165) is 30.3 Å². The van der Waals surface area contributed by atoms with Gasteiger partial charge in [-0.1, -0.05) is 6.92 Å². The normalized spacial score (nSPS) is 27.2. The SMILES string of the molecule is CCCn1c(N)c(NC2CC3CCC2O3)c(=O)n(C)c1=O. The van der Waals surface area contributed by atoms with E-state index in [2.05, 4.69) is 5.32 Å². The van der Waals surface area contributed by atoms with Gasteiger partial charge in [-0.3, -0.25) is 13.9 Å². The van der Waals surface area contributed by atoms with Crippen LogP contribution in [-0.4, -0.2) is 27.4 Å². The van der Waals surface area contributed by atoms with Gasteiger partial charge in [0.05, 0.1) is 18.2 Å². The number of nitrogen functional groups attached to an aromatic ring is 1. The maximum Gasteiger partial charge on any atom is 0.332 e. The minimum absolute atomic E-state index is 0.103. The molecule has 0 amide bonds. The van der Waals surface area contributed by atoms with Crippen LogP contribution in [-0.2, 0) is 18.3 Å². The average Bonchev–Trinajstić information content (AvgIpc) is 3.08. The molecule has 0 spiro atoms. The van der Waals surface area contributed by atoms with Crippen LogP contribution >= 0.6 is 0 Å². The molecule has 1 aromatic heterocycles. The lowest BCUT2D eigenvalue weighted by Gasteiger charge is -2.23. The molecule has 0 aliphatic carbocycles. The third-order valence-electron chi connectivity index (χ3n) is 4.47. The van der Waals surface area contributed by atoms with E-state index in [9.17, 15) is 9.59 Å². The molecule has 3 rings (SSSR count). The number of nitrogens with one attached hydrogen (secondary N) is 1. The van der Waals surface area contributed by atoms with Crippen molar-refractivity contribution in [2.75, 3.05) is 11.1 Å². The molecule has 2 bridgehead atoms. The van der Waals surface area contributed by atoms with Gasteiger partial charge in [-0.2, -0.15) is 0 Å². The molecule has 1 aromatic rings. The Morgan fingerprint density at radius 1 is 1.38 bits per heavy atom. The highest BCUT2D eigenvalue weighted by molar-refractivity contribution is 5.61. The molecule has 0 saturated carbocycles.